The lowest BCUT2D eigenvalue weighted by Crippen LogP contribution is -2.28. The van der Waals surface area contributed by atoms with Gasteiger partial charge in [0.1, 0.15) is 6.10 Å². The van der Waals surface area contributed by atoms with Gasteiger partial charge in [0.05, 0.1) is 19.8 Å². The molecule has 2 unspecified atom stereocenters. The molecule has 0 aliphatic heterocycles. The van der Waals surface area contributed by atoms with E-state index in [-0.39, 0.29) is 32.8 Å². The number of rotatable bonds is 45. The third kappa shape index (κ3) is 48.2. The van der Waals surface area contributed by atoms with Crippen molar-refractivity contribution in [3.05, 3.63) is 109 Å². The first kappa shape index (κ1) is 59.2. The lowest BCUT2D eigenvalue weighted by molar-refractivity contribution is -0.154. The maximum Gasteiger partial charge on any atom is 0.472 e. The van der Waals surface area contributed by atoms with E-state index < -0.39 is 19.9 Å². The number of unbranched alkanes of at least 4 members (excludes halogenated alkanes) is 14. The monoisotopic (exact) mass is 884 g/mol. The highest BCUT2D eigenvalue weighted by molar-refractivity contribution is 7.47. The number of ether oxygens (including phenoxy) is 2. The fraction of sp³-hybridized carbons (Fsp3) is 0.642. The van der Waals surface area contributed by atoms with Gasteiger partial charge in [-0.25, -0.2) is 4.57 Å². The van der Waals surface area contributed by atoms with Crippen LogP contribution in [0.15, 0.2) is 109 Å². The molecule has 0 rings (SSSR count). The van der Waals surface area contributed by atoms with Crippen molar-refractivity contribution in [2.45, 2.75) is 187 Å². The van der Waals surface area contributed by atoms with Gasteiger partial charge in [0.25, 0.3) is 0 Å². The Morgan fingerprint density at radius 2 is 0.903 bits per heavy atom. The SMILES string of the molecule is CC/C=C\C/C=C\C/C=C\C/C=C\C/C=C\C/C=C\C/C=C\CCCC(=O)OC(COCCCCCCCCCCCC/C=C\C/C=C\CCCCC)COP(=O)(O)OCCN. The molecular formula is C53H90NO7P. The van der Waals surface area contributed by atoms with Gasteiger partial charge >= 0.3 is 13.8 Å². The van der Waals surface area contributed by atoms with Gasteiger partial charge in [0, 0.05) is 19.6 Å². The molecule has 0 fully saturated rings. The number of esters is 1. The Bertz CT molecular complexity index is 1310. The molecule has 0 spiro atoms. The van der Waals surface area contributed by atoms with Crippen molar-refractivity contribution in [2.24, 2.45) is 5.73 Å². The van der Waals surface area contributed by atoms with Crippen molar-refractivity contribution >= 4 is 13.8 Å². The molecular weight excluding hydrogens is 794 g/mol. The zero-order chi connectivity index (χ0) is 45.1. The molecule has 0 aliphatic carbocycles. The first-order valence-corrected chi connectivity index (χ1v) is 25.9. The summed E-state index contributed by atoms with van der Waals surface area (Å²) >= 11 is 0. The van der Waals surface area contributed by atoms with Crippen LogP contribution in [0.3, 0.4) is 0 Å². The van der Waals surface area contributed by atoms with E-state index in [0.717, 1.165) is 70.6 Å². The number of hydrogen-bond acceptors (Lipinski definition) is 7. The number of phosphoric ester groups is 1. The molecule has 0 radical (unpaired) electrons. The highest BCUT2D eigenvalue weighted by Crippen LogP contribution is 2.43. The zero-order valence-corrected chi connectivity index (χ0v) is 40.2. The number of allylic oxidation sites excluding steroid dienone is 18. The highest BCUT2D eigenvalue weighted by Gasteiger charge is 2.25. The molecule has 3 N–H and O–H groups in total. The first-order chi connectivity index (χ1) is 30.4. The van der Waals surface area contributed by atoms with Gasteiger partial charge in [-0.05, 0) is 96.3 Å². The summed E-state index contributed by atoms with van der Waals surface area (Å²) in [6.07, 6.45) is 66.9. The summed E-state index contributed by atoms with van der Waals surface area (Å²) in [6.45, 7) is 4.68. The number of hydrogen-bond donors (Lipinski definition) is 2. The largest absolute Gasteiger partial charge is 0.472 e. The molecule has 354 valence electrons. The van der Waals surface area contributed by atoms with Crippen molar-refractivity contribution < 1.29 is 32.8 Å². The Morgan fingerprint density at radius 3 is 1.35 bits per heavy atom. The van der Waals surface area contributed by atoms with Gasteiger partial charge in [-0.15, -0.1) is 0 Å². The van der Waals surface area contributed by atoms with Gasteiger partial charge in [-0.3, -0.25) is 13.8 Å². The summed E-state index contributed by atoms with van der Waals surface area (Å²) in [6, 6.07) is 0. The Labute approximate surface area is 380 Å². The molecule has 0 heterocycles. The predicted molar refractivity (Wildman–Crippen MR) is 265 cm³/mol. The fourth-order valence-corrected chi connectivity index (χ4v) is 6.90. The van der Waals surface area contributed by atoms with E-state index in [0.29, 0.717) is 13.0 Å². The van der Waals surface area contributed by atoms with Crippen molar-refractivity contribution in [1.82, 2.24) is 0 Å². The van der Waals surface area contributed by atoms with E-state index in [9.17, 15) is 14.3 Å². The topological polar surface area (TPSA) is 117 Å². The molecule has 0 bridgehead atoms. The van der Waals surface area contributed by atoms with Crippen LogP contribution in [0.4, 0.5) is 0 Å². The van der Waals surface area contributed by atoms with E-state index in [4.69, 9.17) is 24.3 Å². The molecule has 0 aliphatic rings. The van der Waals surface area contributed by atoms with Gasteiger partial charge in [0.2, 0.25) is 0 Å². The normalized spacial score (nSPS) is 14.3. The molecule has 62 heavy (non-hydrogen) atoms. The van der Waals surface area contributed by atoms with Gasteiger partial charge in [-0.1, -0.05) is 187 Å². The van der Waals surface area contributed by atoms with Crippen LogP contribution >= 0.6 is 7.82 Å². The second-order valence-electron chi connectivity index (χ2n) is 15.6. The number of carbonyl (C=O) groups excluding carboxylic acids is 1. The predicted octanol–water partition coefficient (Wildman–Crippen LogP) is 15.2. The molecule has 0 aromatic rings. The van der Waals surface area contributed by atoms with Crippen molar-refractivity contribution in [3.8, 4) is 0 Å². The van der Waals surface area contributed by atoms with E-state index >= 15 is 0 Å². The lowest BCUT2D eigenvalue weighted by Gasteiger charge is -2.20. The fourth-order valence-electron chi connectivity index (χ4n) is 6.13. The average Bonchev–Trinajstić information content (AvgIpc) is 3.26. The molecule has 0 amide bonds. The molecule has 9 heteroatoms. The van der Waals surface area contributed by atoms with Crippen LogP contribution in [0, 0.1) is 0 Å². The summed E-state index contributed by atoms with van der Waals surface area (Å²) < 4.78 is 33.5. The van der Waals surface area contributed by atoms with Crippen LogP contribution in [0.2, 0.25) is 0 Å². The molecule has 0 saturated carbocycles. The second-order valence-corrected chi connectivity index (χ2v) is 17.0. The van der Waals surface area contributed by atoms with Crippen molar-refractivity contribution in [3.63, 3.8) is 0 Å². The molecule has 8 nitrogen and oxygen atoms in total. The van der Waals surface area contributed by atoms with Crippen LogP contribution in [0.1, 0.15) is 181 Å². The van der Waals surface area contributed by atoms with Crippen LogP contribution in [-0.4, -0.2) is 49.9 Å². The van der Waals surface area contributed by atoms with Gasteiger partial charge in [0.15, 0.2) is 0 Å². The molecule has 0 saturated heterocycles. The van der Waals surface area contributed by atoms with Crippen molar-refractivity contribution in [1.29, 1.82) is 0 Å². The van der Waals surface area contributed by atoms with E-state index in [2.05, 4.69) is 123 Å². The third-order valence-electron chi connectivity index (χ3n) is 9.67. The third-order valence-corrected chi connectivity index (χ3v) is 10.7. The van der Waals surface area contributed by atoms with E-state index in [1.54, 1.807) is 0 Å². The number of phosphoric acid groups is 1. The number of nitrogens with two attached hydrogens (primary N) is 1. The van der Waals surface area contributed by atoms with Gasteiger partial charge in [-0.2, -0.15) is 0 Å². The summed E-state index contributed by atoms with van der Waals surface area (Å²) in [5.41, 5.74) is 5.38. The maximum absolute atomic E-state index is 12.6. The summed E-state index contributed by atoms with van der Waals surface area (Å²) in [5.74, 6) is -0.392. The smallest absolute Gasteiger partial charge is 0.457 e. The van der Waals surface area contributed by atoms with Crippen LogP contribution in [0.5, 0.6) is 0 Å². The quantitative estimate of drug-likeness (QED) is 0.0269. The summed E-state index contributed by atoms with van der Waals surface area (Å²) in [4.78, 5) is 22.5. The van der Waals surface area contributed by atoms with Gasteiger partial charge < -0.3 is 20.1 Å². The number of carbonyl (C=O) groups is 1. The minimum Gasteiger partial charge on any atom is -0.457 e. The Balaban J connectivity index is 4.13. The molecule has 0 aromatic heterocycles. The van der Waals surface area contributed by atoms with Crippen LogP contribution in [0.25, 0.3) is 0 Å². The summed E-state index contributed by atoms with van der Waals surface area (Å²) in [7, 11) is -4.31. The van der Waals surface area contributed by atoms with E-state index in [1.807, 2.05) is 0 Å². The van der Waals surface area contributed by atoms with Crippen molar-refractivity contribution in [2.75, 3.05) is 33.0 Å². The Morgan fingerprint density at radius 1 is 0.500 bits per heavy atom. The summed E-state index contributed by atoms with van der Waals surface area (Å²) in [5, 5.41) is 0. The van der Waals surface area contributed by atoms with Crippen LogP contribution in [-0.2, 0) is 27.9 Å². The minimum absolute atomic E-state index is 0.0838. The van der Waals surface area contributed by atoms with Crippen LogP contribution < -0.4 is 5.73 Å². The highest BCUT2D eigenvalue weighted by atomic mass is 31.2. The zero-order valence-electron chi connectivity index (χ0n) is 39.3. The lowest BCUT2D eigenvalue weighted by atomic mass is 10.1. The maximum atomic E-state index is 12.6. The Kier molecular flexibility index (Phi) is 46.9. The molecule has 0 aromatic carbocycles. The second kappa shape index (κ2) is 49.2. The standard InChI is InChI=1S/C53H90NO7P/c1-3-5-7-9-11-13-15-17-19-21-23-25-26-27-28-30-32-34-36-38-40-42-44-46-53(55)61-52(51-60-62(56,57)59-49-47-54)50-58-48-45-43-41-39-37-35-33-31-29-24-22-20-18-16-14-12-10-8-6-4-2/h5,7,11-14,17-20,23,25,27-28,32,34,38,40,52H,3-4,6,8-10,15-16,21-22,24,26,29-31,33,35-37,39,41-51,54H2,1-2H3,(H,56,57)/b7-5-,13-11-,14-12-,19-17-,20-18-,25-23-,28-27-,34-32-,40-38-. The average molecular weight is 884 g/mol. The van der Waals surface area contributed by atoms with E-state index in [1.165, 1.54) is 83.5 Å². The molecule has 2 atom stereocenters. The first-order valence-electron chi connectivity index (χ1n) is 24.4. The Hall–Kier alpha value is -2.84. The minimum atomic E-state index is -4.31.